The molecule has 2 aliphatic rings. The van der Waals surface area contributed by atoms with Crippen molar-refractivity contribution >= 4 is 27.4 Å². The van der Waals surface area contributed by atoms with E-state index in [9.17, 15) is 0 Å². The summed E-state index contributed by atoms with van der Waals surface area (Å²) in [6.07, 6.45) is 5.34. The van der Waals surface area contributed by atoms with E-state index in [0.29, 0.717) is 6.04 Å². The van der Waals surface area contributed by atoms with Gasteiger partial charge >= 0.3 is 0 Å². The van der Waals surface area contributed by atoms with Crippen molar-refractivity contribution in [1.29, 1.82) is 0 Å². The number of hydrogen-bond donors (Lipinski definition) is 1. The zero-order valence-electron chi connectivity index (χ0n) is 10.8. The van der Waals surface area contributed by atoms with E-state index >= 15 is 0 Å². The maximum Gasteiger partial charge on any atom is 0.150 e. The first-order valence-corrected chi connectivity index (χ1v) is 7.88. The molecule has 4 nitrogen and oxygen atoms in total. The number of anilines is 1. The summed E-state index contributed by atoms with van der Waals surface area (Å²) in [5.74, 6) is 2.70. The summed E-state index contributed by atoms with van der Waals surface area (Å²) in [4.78, 5) is 11.3. The molecule has 1 aliphatic heterocycles. The zero-order chi connectivity index (χ0) is 12.8. The van der Waals surface area contributed by atoms with Gasteiger partial charge in [0.15, 0.2) is 0 Å². The van der Waals surface area contributed by atoms with Crippen molar-refractivity contribution in [2.75, 3.05) is 18.0 Å². The molecule has 2 fully saturated rings. The first-order chi connectivity index (χ1) is 9.31. The van der Waals surface area contributed by atoms with Gasteiger partial charge < -0.3 is 10.6 Å². The molecule has 3 heterocycles. The summed E-state index contributed by atoms with van der Waals surface area (Å²) in [5.41, 5.74) is 7.18. The summed E-state index contributed by atoms with van der Waals surface area (Å²) in [6.45, 7) is 2.25. The molecule has 2 N–H and O–H groups in total. The molecule has 2 aromatic heterocycles. The number of thiophene rings is 1. The molecule has 1 unspecified atom stereocenters. The molecule has 100 valence electrons. The van der Waals surface area contributed by atoms with Gasteiger partial charge in [-0.25, -0.2) is 9.97 Å². The average Bonchev–Trinajstić information content (AvgIpc) is 3.03. The summed E-state index contributed by atoms with van der Waals surface area (Å²) in [7, 11) is 0. The lowest BCUT2D eigenvalue weighted by Gasteiger charge is -2.27. The van der Waals surface area contributed by atoms with E-state index in [1.165, 1.54) is 24.0 Å². The third-order valence-electron chi connectivity index (χ3n) is 4.61. The molecular formula is C14H18N4S. The van der Waals surface area contributed by atoms with Crippen molar-refractivity contribution in [1.82, 2.24) is 9.97 Å². The minimum absolute atomic E-state index is 0.411. The van der Waals surface area contributed by atoms with Gasteiger partial charge in [0, 0.05) is 19.1 Å². The van der Waals surface area contributed by atoms with Crippen molar-refractivity contribution in [3.8, 4) is 0 Å². The monoisotopic (exact) mass is 274 g/mol. The number of hydrogen-bond acceptors (Lipinski definition) is 5. The number of nitrogens with two attached hydrogens (primary N) is 1. The van der Waals surface area contributed by atoms with E-state index in [1.807, 2.05) is 0 Å². The van der Waals surface area contributed by atoms with E-state index in [1.54, 1.807) is 17.7 Å². The van der Waals surface area contributed by atoms with E-state index in [-0.39, 0.29) is 0 Å². The SMILES string of the molecule is NC1CC[C@@H]2CN(c3ncnc4ccsc34)C[C@@H]2C1. The van der Waals surface area contributed by atoms with Gasteiger partial charge in [-0.3, -0.25) is 0 Å². The van der Waals surface area contributed by atoms with Gasteiger partial charge in [-0.1, -0.05) is 0 Å². The molecule has 0 aromatic carbocycles. The van der Waals surface area contributed by atoms with Crippen LogP contribution in [0.25, 0.3) is 10.2 Å². The minimum Gasteiger partial charge on any atom is -0.355 e. The Balaban J connectivity index is 1.65. The minimum atomic E-state index is 0.411. The lowest BCUT2D eigenvalue weighted by Crippen LogP contribution is -2.32. The van der Waals surface area contributed by atoms with Crippen molar-refractivity contribution in [3.05, 3.63) is 17.8 Å². The maximum atomic E-state index is 6.11. The average molecular weight is 274 g/mol. The van der Waals surface area contributed by atoms with E-state index in [2.05, 4.69) is 26.3 Å². The Morgan fingerprint density at radius 1 is 1.21 bits per heavy atom. The Morgan fingerprint density at radius 2 is 2.11 bits per heavy atom. The van der Waals surface area contributed by atoms with Crippen molar-refractivity contribution in [2.45, 2.75) is 25.3 Å². The van der Waals surface area contributed by atoms with E-state index in [4.69, 9.17) is 5.73 Å². The first kappa shape index (κ1) is 11.6. The van der Waals surface area contributed by atoms with Crippen LogP contribution < -0.4 is 10.6 Å². The fraction of sp³-hybridized carbons (Fsp3) is 0.571. The highest BCUT2D eigenvalue weighted by molar-refractivity contribution is 7.17. The highest BCUT2D eigenvalue weighted by Gasteiger charge is 2.37. The summed E-state index contributed by atoms with van der Waals surface area (Å²) >= 11 is 1.74. The van der Waals surface area contributed by atoms with Crippen LogP contribution in [-0.4, -0.2) is 29.1 Å². The Hall–Kier alpha value is -1.20. The fourth-order valence-corrected chi connectivity index (χ4v) is 4.50. The molecule has 1 saturated carbocycles. The second-order valence-electron chi connectivity index (χ2n) is 5.83. The largest absolute Gasteiger partial charge is 0.355 e. The Morgan fingerprint density at radius 3 is 3.05 bits per heavy atom. The predicted octanol–water partition coefficient (Wildman–Crippen LogP) is 2.25. The van der Waals surface area contributed by atoms with Gasteiger partial charge in [-0.2, -0.15) is 0 Å². The normalized spacial score (nSPS) is 30.8. The first-order valence-electron chi connectivity index (χ1n) is 7.00. The highest BCUT2D eigenvalue weighted by Crippen LogP contribution is 2.39. The Labute approximate surface area is 116 Å². The third kappa shape index (κ3) is 1.92. The third-order valence-corrected chi connectivity index (χ3v) is 5.51. The standard InChI is InChI=1S/C14H18N4S/c15-11-2-1-9-6-18(7-10(9)5-11)14-13-12(3-4-19-13)16-8-17-14/h3-4,8-11H,1-2,5-7,15H2/t9-,10+,11?/m1/s1. The van der Waals surface area contributed by atoms with Gasteiger partial charge in [0.05, 0.1) is 10.2 Å². The molecule has 19 heavy (non-hydrogen) atoms. The summed E-state index contributed by atoms with van der Waals surface area (Å²) in [5, 5.41) is 2.10. The number of nitrogens with zero attached hydrogens (tertiary/aromatic N) is 3. The van der Waals surface area contributed by atoms with Crippen LogP contribution in [0.1, 0.15) is 19.3 Å². The smallest absolute Gasteiger partial charge is 0.150 e. The van der Waals surface area contributed by atoms with Gasteiger partial charge in [0.25, 0.3) is 0 Å². The van der Waals surface area contributed by atoms with Crippen molar-refractivity contribution in [3.63, 3.8) is 0 Å². The molecule has 0 radical (unpaired) electrons. The van der Waals surface area contributed by atoms with Crippen LogP contribution in [0.15, 0.2) is 17.8 Å². The van der Waals surface area contributed by atoms with Gasteiger partial charge in [-0.05, 0) is 42.5 Å². The zero-order valence-corrected chi connectivity index (χ0v) is 11.6. The van der Waals surface area contributed by atoms with Gasteiger partial charge in [0.2, 0.25) is 0 Å². The van der Waals surface area contributed by atoms with Crippen molar-refractivity contribution in [2.24, 2.45) is 17.6 Å². The molecule has 0 spiro atoms. The van der Waals surface area contributed by atoms with E-state index in [0.717, 1.165) is 36.3 Å². The molecule has 1 aliphatic carbocycles. The second kappa shape index (κ2) is 4.42. The molecule has 2 aromatic rings. The van der Waals surface area contributed by atoms with Crippen LogP contribution in [0, 0.1) is 11.8 Å². The predicted molar refractivity (Wildman–Crippen MR) is 78.4 cm³/mol. The number of aromatic nitrogens is 2. The van der Waals surface area contributed by atoms with Crippen LogP contribution in [0.4, 0.5) is 5.82 Å². The van der Waals surface area contributed by atoms with Crippen LogP contribution >= 0.6 is 11.3 Å². The molecule has 4 rings (SSSR count). The lowest BCUT2D eigenvalue weighted by molar-refractivity contribution is 0.271. The molecule has 0 bridgehead atoms. The highest BCUT2D eigenvalue weighted by atomic mass is 32.1. The Kier molecular flexibility index (Phi) is 2.70. The topological polar surface area (TPSA) is 55.0 Å². The van der Waals surface area contributed by atoms with Crippen LogP contribution in [0.3, 0.4) is 0 Å². The fourth-order valence-electron chi connectivity index (χ4n) is 3.64. The number of rotatable bonds is 1. The molecule has 1 saturated heterocycles. The lowest BCUT2D eigenvalue weighted by atomic mass is 9.79. The van der Waals surface area contributed by atoms with Crippen LogP contribution in [0.5, 0.6) is 0 Å². The van der Waals surface area contributed by atoms with Gasteiger partial charge in [-0.15, -0.1) is 11.3 Å². The van der Waals surface area contributed by atoms with Gasteiger partial charge in [0.1, 0.15) is 12.1 Å². The van der Waals surface area contributed by atoms with Crippen LogP contribution in [-0.2, 0) is 0 Å². The molecule has 0 amide bonds. The second-order valence-corrected chi connectivity index (χ2v) is 6.75. The molecular weight excluding hydrogens is 256 g/mol. The molecule has 3 atom stereocenters. The maximum absolute atomic E-state index is 6.11. The summed E-state index contributed by atoms with van der Waals surface area (Å²) < 4.78 is 1.23. The molecule has 5 heteroatoms. The van der Waals surface area contributed by atoms with Crippen LogP contribution in [0.2, 0.25) is 0 Å². The van der Waals surface area contributed by atoms with E-state index < -0.39 is 0 Å². The summed E-state index contributed by atoms with van der Waals surface area (Å²) in [6, 6.07) is 2.48. The quantitative estimate of drug-likeness (QED) is 0.866. The Bertz CT molecular complexity index is 596. The van der Waals surface area contributed by atoms with Crippen molar-refractivity contribution < 1.29 is 0 Å². The number of fused-ring (bicyclic) bond motifs is 2.